The SMILES string of the molecule is CN=C(NCCn1cccc1)NC1CC1c1ccccc1OC(F)(F)F. The molecule has 0 aliphatic heterocycles. The third-order valence-electron chi connectivity index (χ3n) is 4.21. The predicted octanol–water partition coefficient (Wildman–Crippen LogP) is 3.11. The molecular weight excluding hydrogens is 345 g/mol. The Hall–Kier alpha value is -2.64. The van der Waals surface area contributed by atoms with Crippen LogP contribution in [0.1, 0.15) is 17.9 Å². The van der Waals surface area contributed by atoms with Crippen LogP contribution in [0.5, 0.6) is 5.75 Å². The smallest absolute Gasteiger partial charge is 0.405 e. The van der Waals surface area contributed by atoms with E-state index in [4.69, 9.17) is 0 Å². The molecule has 1 aliphatic carbocycles. The van der Waals surface area contributed by atoms with Crippen molar-refractivity contribution in [1.29, 1.82) is 0 Å². The number of nitrogens with zero attached hydrogens (tertiary/aromatic N) is 2. The van der Waals surface area contributed by atoms with E-state index in [-0.39, 0.29) is 17.7 Å². The minimum atomic E-state index is -4.69. The third-order valence-corrected chi connectivity index (χ3v) is 4.21. The Morgan fingerprint density at radius 3 is 2.65 bits per heavy atom. The molecule has 1 aliphatic rings. The van der Waals surface area contributed by atoms with Gasteiger partial charge in [-0.2, -0.15) is 0 Å². The van der Waals surface area contributed by atoms with E-state index in [9.17, 15) is 13.2 Å². The van der Waals surface area contributed by atoms with E-state index < -0.39 is 6.36 Å². The number of guanidine groups is 1. The zero-order chi connectivity index (χ0) is 18.6. The van der Waals surface area contributed by atoms with Crippen LogP contribution >= 0.6 is 0 Å². The van der Waals surface area contributed by atoms with Gasteiger partial charge in [-0.15, -0.1) is 13.2 Å². The number of para-hydroxylation sites is 1. The molecule has 2 unspecified atom stereocenters. The first-order valence-corrected chi connectivity index (χ1v) is 8.39. The molecule has 0 saturated heterocycles. The molecule has 2 aromatic rings. The van der Waals surface area contributed by atoms with E-state index in [0.717, 1.165) is 13.0 Å². The van der Waals surface area contributed by atoms with Crippen molar-refractivity contribution < 1.29 is 17.9 Å². The van der Waals surface area contributed by atoms with Crippen molar-refractivity contribution in [3.05, 3.63) is 54.4 Å². The molecule has 1 aromatic heterocycles. The van der Waals surface area contributed by atoms with E-state index in [0.29, 0.717) is 18.1 Å². The lowest BCUT2D eigenvalue weighted by Gasteiger charge is -2.14. The second kappa shape index (κ2) is 7.72. The molecule has 0 bridgehead atoms. The van der Waals surface area contributed by atoms with Gasteiger partial charge < -0.3 is 19.9 Å². The summed E-state index contributed by atoms with van der Waals surface area (Å²) in [5, 5.41) is 6.46. The van der Waals surface area contributed by atoms with Gasteiger partial charge in [-0.3, -0.25) is 4.99 Å². The number of hydrogen-bond acceptors (Lipinski definition) is 2. The van der Waals surface area contributed by atoms with Gasteiger partial charge >= 0.3 is 6.36 Å². The number of halogens is 3. The Morgan fingerprint density at radius 2 is 1.96 bits per heavy atom. The average molecular weight is 366 g/mol. The highest BCUT2D eigenvalue weighted by atomic mass is 19.4. The quantitative estimate of drug-likeness (QED) is 0.610. The summed E-state index contributed by atoms with van der Waals surface area (Å²) in [7, 11) is 1.67. The van der Waals surface area contributed by atoms with Crippen LogP contribution in [-0.2, 0) is 6.54 Å². The fraction of sp³-hybridized carbons (Fsp3) is 0.389. The molecule has 3 rings (SSSR count). The maximum Gasteiger partial charge on any atom is 0.573 e. The molecule has 1 fully saturated rings. The highest BCUT2D eigenvalue weighted by Crippen LogP contribution is 2.45. The van der Waals surface area contributed by atoms with Crippen LogP contribution in [0.15, 0.2) is 53.8 Å². The summed E-state index contributed by atoms with van der Waals surface area (Å²) in [5.41, 5.74) is 0.560. The van der Waals surface area contributed by atoms with E-state index in [1.165, 1.54) is 12.1 Å². The monoisotopic (exact) mass is 366 g/mol. The molecule has 1 heterocycles. The van der Waals surface area contributed by atoms with Crippen molar-refractivity contribution in [3.63, 3.8) is 0 Å². The molecule has 1 saturated carbocycles. The van der Waals surface area contributed by atoms with E-state index in [2.05, 4.69) is 20.4 Å². The Morgan fingerprint density at radius 1 is 1.23 bits per heavy atom. The van der Waals surface area contributed by atoms with E-state index in [1.807, 2.05) is 29.1 Å². The molecule has 5 nitrogen and oxygen atoms in total. The summed E-state index contributed by atoms with van der Waals surface area (Å²) in [4.78, 5) is 4.17. The standard InChI is InChI=1S/C18H21F3N4O/c1-22-17(23-8-11-25-9-4-5-10-25)24-15-12-14(15)13-6-2-3-7-16(13)26-18(19,20)21/h2-7,9-10,14-15H,8,11-12H2,1H3,(H2,22,23,24). The second-order valence-corrected chi connectivity index (χ2v) is 6.10. The summed E-state index contributed by atoms with van der Waals surface area (Å²) >= 11 is 0. The third kappa shape index (κ3) is 4.93. The summed E-state index contributed by atoms with van der Waals surface area (Å²) < 4.78 is 43.9. The van der Waals surface area contributed by atoms with Crippen LogP contribution in [0.3, 0.4) is 0 Å². The summed E-state index contributed by atoms with van der Waals surface area (Å²) in [6.07, 6.45) is -0.000740. The number of benzene rings is 1. The molecule has 26 heavy (non-hydrogen) atoms. The predicted molar refractivity (Wildman–Crippen MR) is 93.2 cm³/mol. The van der Waals surface area contributed by atoms with Gasteiger partial charge in [0, 0.05) is 44.5 Å². The number of nitrogens with one attached hydrogen (secondary N) is 2. The van der Waals surface area contributed by atoms with Gasteiger partial charge in [0.2, 0.25) is 0 Å². The molecule has 140 valence electrons. The van der Waals surface area contributed by atoms with Crippen molar-refractivity contribution in [2.24, 2.45) is 4.99 Å². The van der Waals surface area contributed by atoms with Gasteiger partial charge in [-0.05, 0) is 30.2 Å². The highest BCUT2D eigenvalue weighted by molar-refractivity contribution is 5.80. The van der Waals surface area contributed by atoms with Crippen LogP contribution in [0, 0.1) is 0 Å². The van der Waals surface area contributed by atoms with Gasteiger partial charge in [-0.1, -0.05) is 18.2 Å². The van der Waals surface area contributed by atoms with Gasteiger partial charge in [0.05, 0.1) is 0 Å². The van der Waals surface area contributed by atoms with E-state index >= 15 is 0 Å². The number of ether oxygens (including phenoxy) is 1. The number of hydrogen-bond donors (Lipinski definition) is 2. The van der Waals surface area contributed by atoms with Crippen LogP contribution < -0.4 is 15.4 Å². The van der Waals surface area contributed by atoms with Crippen molar-refractivity contribution >= 4 is 5.96 Å². The average Bonchev–Trinajstić information content (AvgIpc) is 3.14. The minimum Gasteiger partial charge on any atom is -0.405 e. The Labute approximate surface area is 149 Å². The molecule has 1 aromatic carbocycles. The molecule has 0 spiro atoms. The Bertz CT molecular complexity index is 743. The molecular formula is C18H21F3N4O. The molecule has 8 heteroatoms. The lowest BCUT2D eigenvalue weighted by molar-refractivity contribution is -0.274. The lowest BCUT2D eigenvalue weighted by Crippen LogP contribution is -2.40. The normalized spacial score (nSPS) is 19.9. The highest BCUT2D eigenvalue weighted by Gasteiger charge is 2.42. The van der Waals surface area contributed by atoms with Gasteiger partial charge in [0.15, 0.2) is 5.96 Å². The topological polar surface area (TPSA) is 50.6 Å². The fourth-order valence-corrected chi connectivity index (χ4v) is 2.90. The van der Waals surface area contributed by atoms with Gasteiger partial charge in [0.25, 0.3) is 0 Å². The first-order valence-electron chi connectivity index (χ1n) is 8.39. The zero-order valence-corrected chi connectivity index (χ0v) is 14.3. The summed E-state index contributed by atoms with van der Waals surface area (Å²) in [6.45, 7) is 1.49. The number of aliphatic imine (C=N–C) groups is 1. The van der Waals surface area contributed by atoms with Crippen molar-refractivity contribution in [1.82, 2.24) is 15.2 Å². The summed E-state index contributed by atoms with van der Waals surface area (Å²) in [5.74, 6) is 0.472. The zero-order valence-electron chi connectivity index (χ0n) is 14.3. The molecule has 2 atom stereocenters. The molecule has 2 N–H and O–H groups in total. The Kier molecular flexibility index (Phi) is 5.39. The maximum atomic E-state index is 12.6. The fourth-order valence-electron chi connectivity index (χ4n) is 2.90. The molecule has 0 amide bonds. The number of rotatable bonds is 6. The summed E-state index contributed by atoms with van der Waals surface area (Å²) in [6, 6.07) is 10.2. The second-order valence-electron chi connectivity index (χ2n) is 6.10. The van der Waals surface area contributed by atoms with Crippen molar-refractivity contribution in [2.75, 3.05) is 13.6 Å². The minimum absolute atomic E-state index is 0.0310. The number of aromatic nitrogens is 1. The maximum absolute atomic E-state index is 12.6. The van der Waals surface area contributed by atoms with Crippen LogP contribution in [-0.4, -0.2) is 36.5 Å². The van der Waals surface area contributed by atoms with Crippen molar-refractivity contribution in [2.45, 2.75) is 31.3 Å². The number of alkyl halides is 3. The van der Waals surface area contributed by atoms with Crippen LogP contribution in [0.4, 0.5) is 13.2 Å². The van der Waals surface area contributed by atoms with Gasteiger partial charge in [0.1, 0.15) is 5.75 Å². The van der Waals surface area contributed by atoms with Gasteiger partial charge in [-0.25, -0.2) is 0 Å². The first-order chi connectivity index (χ1) is 12.5. The largest absolute Gasteiger partial charge is 0.573 e. The molecule has 0 radical (unpaired) electrons. The van der Waals surface area contributed by atoms with E-state index in [1.54, 1.807) is 19.2 Å². The van der Waals surface area contributed by atoms with Crippen LogP contribution in [0.2, 0.25) is 0 Å². The van der Waals surface area contributed by atoms with Crippen LogP contribution in [0.25, 0.3) is 0 Å². The lowest BCUT2D eigenvalue weighted by atomic mass is 10.1. The Balaban J connectivity index is 1.53. The van der Waals surface area contributed by atoms with Crippen molar-refractivity contribution in [3.8, 4) is 5.75 Å². The first kappa shape index (κ1) is 18.2.